The normalized spacial score (nSPS) is 20.6. The molecule has 1 fully saturated rings. The average molecular weight is 270 g/mol. The van der Waals surface area contributed by atoms with Crippen molar-refractivity contribution in [2.45, 2.75) is 71.8 Å². The van der Waals surface area contributed by atoms with Gasteiger partial charge >= 0.3 is 11.9 Å². The van der Waals surface area contributed by atoms with Crippen LogP contribution in [0.1, 0.15) is 66.2 Å². The van der Waals surface area contributed by atoms with Gasteiger partial charge in [-0.05, 0) is 51.9 Å². The molecule has 0 aromatic carbocycles. The number of carboxylic acid groups (broad SMARTS) is 1. The first kappa shape index (κ1) is 16.0. The van der Waals surface area contributed by atoms with Gasteiger partial charge in [-0.2, -0.15) is 0 Å². The zero-order valence-corrected chi connectivity index (χ0v) is 12.5. The Balaban J connectivity index is 2.90. The lowest BCUT2D eigenvalue weighted by atomic mass is 9.75. The number of aliphatic carboxylic acids is 1. The molecule has 0 heterocycles. The van der Waals surface area contributed by atoms with E-state index in [4.69, 9.17) is 9.84 Å². The van der Waals surface area contributed by atoms with Crippen molar-refractivity contribution in [3.05, 3.63) is 0 Å². The van der Waals surface area contributed by atoms with Crippen molar-refractivity contribution in [1.82, 2.24) is 0 Å². The molecular formula is C15H26O4. The van der Waals surface area contributed by atoms with E-state index in [0.717, 1.165) is 38.5 Å². The Bertz CT molecular complexity index is 340. The molecule has 1 unspecified atom stereocenters. The van der Waals surface area contributed by atoms with Crippen LogP contribution < -0.4 is 0 Å². The van der Waals surface area contributed by atoms with Crippen molar-refractivity contribution < 1.29 is 19.4 Å². The van der Waals surface area contributed by atoms with Crippen molar-refractivity contribution in [3.8, 4) is 0 Å². The summed E-state index contributed by atoms with van der Waals surface area (Å²) in [5, 5.41) is 9.12. The monoisotopic (exact) mass is 270 g/mol. The number of carboxylic acids is 1. The molecule has 0 spiro atoms. The number of hydrogen-bond acceptors (Lipinski definition) is 3. The largest absolute Gasteiger partial charge is 0.480 e. The highest BCUT2D eigenvalue weighted by Crippen LogP contribution is 2.40. The second kappa shape index (κ2) is 5.93. The maximum atomic E-state index is 12.2. The summed E-state index contributed by atoms with van der Waals surface area (Å²) < 4.78 is 5.74. The van der Waals surface area contributed by atoms with Crippen LogP contribution in [0.3, 0.4) is 0 Å². The zero-order chi connectivity index (χ0) is 14.7. The summed E-state index contributed by atoms with van der Waals surface area (Å²) in [6.07, 6.45) is 5.89. The molecule has 4 heteroatoms. The summed E-state index contributed by atoms with van der Waals surface area (Å²) in [7, 11) is 0. The molecule has 1 atom stereocenters. The van der Waals surface area contributed by atoms with E-state index in [0.29, 0.717) is 0 Å². The Hall–Kier alpha value is -1.06. The van der Waals surface area contributed by atoms with Crippen molar-refractivity contribution in [1.29, 1.82) is 0 Å². The van der Waals surface area contributed by atoms with Crippen LogP contribution in [0.5, 0.6) is 0 Å². The lowest BCUT2D eigenvalue weighted by Gasteiger charge is -2.42. The van der Waals surface area contributed by atoms with Gasteiger partial charge in [-0.25, -0.2) is 0 Å². The average Bonchev–Trinajstić information content (AvgIpc) is 2.38. The van der Waals surface area contributed by atoms with E-state index in [1.165, 1.54) is 13.8 Å². The van der Waals surface area contributed by atoms with Gasteiger partial charge in [0.1, 0.15) is 5.60 Å². The molecule has 1 N–H and O–H groups in total. The minimum atomic E-state index is -1.47. The van der Waals surface area contributed by atoms with E-state index >= 15 is 0 Å². The van der Waals surface area contributed by atoms with Crippen LogP contribution in [0.2, 0.25) is 0 Å². The van der Waals surface area contributed by atoms with E-state index in [1.54, 1.807) is 0 Å². The molecule has 0 saturated heterocycles. The van der Waals surface area contributed by atoms with Gasteiger partial charge in [-0.15, -0.1) is 0 Å². The summed E-state index contributed by atoms with van der Waals surface area (Å²) in [5.74, 6) is -1.48. The maximum Gasteiger partial charge on any atom is 0.323 e. The number of carbonyl (C=O) groups excluding carboxylic acids is 1. The molecule has 110 valence electrons. The lowest BCUT2D eigenvalue weighted by Crippen LogP contribution is -2.47. The first-order chi connectivity index (χ1) is 8.76. The SMILES string of the molecule is CCC(C)C1(OC(=O)C(C)(C)C(=O)O)CCCCC1. The molecule has 4 nitrogen and oxygen atoms in total. The van der Waals surface area contributed by atoms with Gasteiger partial charge < -0.3 is 9.84 Å². The molecule has 0 amide bonds. The Labute approximate surface area is 115 Å². The molecule has 19 heavy (non-hydrogen) atoms. The van der Waals surface area contributed by atoms with Gasteiger partial charge in [0.25, 0.3) is 0 Å². The fourth-order valence-corrected chi connectivity index (χ4v) is 2.62. The molecule has 0 aliphatic heterocycles. The van der Waals surface area contributed by atoms with Gasteiger partial charge in [0.15, 0.2) is 5.41 Å². The second-order valence-electron chi connectivity index (χ2n) is 6.25. The number of esters is 1. The summed E-state index contributed by atoms with van der Waals surface area (Å²) in [4.78, 5) is 23.3. The van der Waals surface area contributed by atoms with Gasteiger partial charge in [0.2, 0.25) is 0 Å². The maximum absolute atomic E-state index is 12.2. The third-order valence-electron chi connectivity index (χ3n) is 4.55. The van der Waals surface area contributed by atoms with Crippen LogP contribution in [-0.2, 0) is 14.3 Å². The van der Waals surface area contributed by atoms with Gasteiger partial charge in [-0.3, -0.25) is 9.59 Å². The highest BCUT2D eigenvalue weighted by atomic mass is 16.6. The van der Waals surface area contributed by atoms with E-state index in [9.17, 15) is 9.59 Å². The van der Waals surface area contributed by atoms with E-state index in [1.807, 2.05) is 0 Å². The number of rotatable bonds is 5. The molecular weight excluding hydrogens is 244 g/mol. The van der Waals surface area contributed by atoms with E-state index in [-0.39, 0.29) is 5.92 Å². The summed E-state index contributed by atoms with van der Waals surface area (Å²) in [6, 6.07) is 0. The van der Waals surface area contributed by atoms with Gasteiger partial charge in [0, 0.05) is 0 Å². The highest BCUT2D eigenvalue weighted by Gasteiger charge is 2.46. The third-order valence-corrected chi connectivity index (χ3v) is 4.55. The van der Waals surface area contributed by atoms with Crippen LogP contribution in [0.4, 0.5) is 0 Å². The second-order valence-corrected chi connectivity index (χ2v) is 6.25. The molecule has 0 aromatic heterocycles. The fraction of sp³-hybridized carbons (Fsp3) is 0.867. The zero-order valence-electron chi connectivity index (χ0n) is 12.5. The Morgan fingerprint density at radius 3 is 2.21 bits per heavy atom. The predicted molar refractivity (Wildman–Crippen MR) is 72.8 cm³/mol. The molecule has 1 saturated carbocycles. The molecule has 0 aromatic rings. The third kappa shape index (κ3) is 3.28. The fourth-order valence-electron chi connectivity index (χ4n) is 2.62. The van der Waals surface area contributed by atoms with Crippen molar-refractivity contribution in [2.24, 2.45) is 11.3 Å². The van der Waals surface area contributed by atoms with Crippen molar-refractivity contribution in [3.63, 3.8) is 0 Å². The molecule has 0 bridgehead atoms. The minimum Gasteiger partial charge on any atom is -0.480 e. The lowest BCUT2D eigenvalue weighted by molar-refractivity contribution is -0.186. The Morgan fingerprint density at radius 2 is 1.79 bits per heavy atom. The summed E-state index contributed by atoms with van der Waals surface area (Å²) in [6.45, 7) is 6.99. The Morgan fingerprint density at radius 1 is 1.26 bits per heavy atom. The van der Waals surface area contributed by atoms with E-state index in [2.05, 4.69) is 13.8 Å². The van der Waals surface area contributed by atoms with Crippen LogP contribution in [0.25, 0.3) is 0 Å². The quantitative estimate of drug-likeness (QED) is 0.614. The smallest absolute Gasteiger partial charge is 0.323 e. The molecule has 0 radical (unpaired) electrons. The van der Waals surface area contributed by atoms with Crippen LogP contribution in [0, 0.1) is 11.3 Å². The predicted octanol–water partition coefficient (Wildman–Crippen LogP) is 3.39. The standard InChI is InChI=1S/C15H26O4/c1-5-11(2)15(9-7-6-8-10-15)19-13(18)14(3,4)12(16)17/h11H,5-10H2,1-4H3,(H,16,17). The summed E-state index contributed by atoms with van der Waals surface area (Å²) in [5.41, 5.74) is -1.94. The van der Waals surface area contributed by atoms with Gasteiger partial charge in [0.05, 0.1) is 0 Å². The van der Waals surface area contributed by atoms with Crippen molar-refractivity contribution in [2.75, 3.05) is 0 Å². The summed E-state index contributed by atoms with van der Waals surface area (Å²) >= 11 is 0. The van der Waals surface area contributed by atoms with Gasteiger partial charge in [-0.1, -0.05) is 20.3 Å². The topological polar surface area (TPSA) is 63.6 Å². The molecule has 1 aliphatic carbocycles. The van der Waals surface area contributed by atoms with Crippen LogP contribution >= 0.6 is 0 Å². The Kier molecular flexibility index (Phi) is 4.99. The first-order valence-electron chi connectivity index (χ1n) is 7.23. The van der Waals surface area contributed by atoms with Crippen molar-refractivity contribution >= 4 is 11.9 Å². The molecule has 1 rings (SSSR count). The van der Waals surface area contributed by atoms with E-state index < -0.39 is 23.0 Å². The highest BCUT2D eigenvalue weighted by molar-refractivity contribution is 5.98. The molecule has 1 aliphatic rings. The number of carbonyl (C=O) groups is 2. The van der Waals surface area contributed by atoms with Crippen LogP contribution in [-0.4, -0.2) is 22.6 Å². The minimum absolute atomic E-state index is 0.265. The first-order valence-corrected chi connectivity index (χ1v) is 7.23. The van der Waals surface area contributed by atoms with Crippen LogP contribution in [0.15, 0.2) is 0 Å². The number of hydrogen-bond donors (Lipinski definition) is 1. The number of ether oxygens (including phenoxy) is 1.